The minimum Gasteiger partial charge on any atom is -0.468 e. The molecule has 0 amide bonds. The summed E-state index contributed by atoms with van der Waals surface area (Å²) in [5, 5.41) is 0. The maximum atomic E-state index is 12.6. The fourth-order valence-electron chi connectivity index (χ4n) is 2.37. The van der Waals surface area contributed by atoms with Crippen molar-refractivity contribution in [1.82, 2.24) is 4.72 Å². The van der Waals surface area contributed by atoms with Crippen LogP contribution in [0.25, 0.3) is 0 Å². The van der Waals surface area contributed by atoms with Gasteiger partial charge >= 0.3 is 5.97 Å². The minimum atomic E-state index is -3.90. The molecule has 0 fully saturated rings. The van der Waals surface area contributed by atoms with Crippen LogP contribution in [0.1, 0.15) is 23.1 Å². The number of carbonyl (C=O) groups is 1. The zero-order valence-corrected chi connectivity index (χ0v) is 17.0. The molecule has 0 unspecified atom stereocenters. The number of sulfonamides is 1. The molecule has 0 heterocycles. The van der Waals surface area contributed by atoms with Crippen molar-refractivity contribution in [1.29, 1.82) is 0 Å². The monoisotopic (exact) mass is 407 g/mol. The van der Waals surface area contributed by atoms with Gasteiger partial charge in [-0.05, 0) is 37.3 Å². The third kappa shape index (κ3) is 6.36. The Balaban J connectivity index is 2.24. The number of aryl methyl sites for hydroxylation is 1. The molecule has 29 heavy (non-hydrogen) atoms. The lowest BCUT2D eigenvalue weighted by Crippen LogP contribution is -2.41. The lowest BCUT2D eigenvalue weighted by atomic mass is 10.1. The maximum Gasteiger partial charge on any atom is 0.324 e. The lowest BCUT2D eigenvalue weighted by molar-refractivity contribution is -0.142. The Morgan fingerprint density at radius 2 is 1.76 bits per heavy atom. The van der Waals surface area contributed by atoms with Crippen molar-refractivity contribution >= 4 is 16.0 Å². The minimum absolute atomic E-state index is 0.0546. The van der Waals surface area contributed by atoms with Crippen LogP contribution in [0.2, 0.25) is 0 Å². The third-order valence-corrected chi connectivity index (χ3v) is 5.37. The van der Waals surface area contributed by atoms with Crippen LogP contribution < -0.4 is 4.72 Å². The predicted octanol–water partition coefficient (Wildman–Crippen LogP) is 2.79. The van der Waals surface area contributed by atoms with Crippen LogP contribution in [0.4, 0.5) is 0 Å². The summed E-state index contributed by atoms with van der Waals surface area (Å²) in [6.45, 7) is 5.41. The summed E-state index contributed by atoms with van der Waals surface area (Å²) in [4.78, 5) is 12.1. The quantitative estimate of drug-likeness (QED) is 0.611. The molecule has 2 aromatic carbocycles. The number of nitrogens with one attached hydrogen (secondary N) is 1. The average Bonchev–Trinajstić information content (AvgIpc) is 2.72. The Kier molecular flexibility index (Phi) is 7.79. The normalized spacial score (nSPS) is 11.2. The number of allylic oxidation sites excluding steroid dienone is 1. The molecule has 0 saturated heterocycles. The molecule has 0 saturated carbocycles. The first-order valence-corrected chi connectivity index (χ1v) is 10.2. The fourth-order valence-corrected chi connectivity index (χ4v) is 3.55. The number of esters is 1. The molecule has 5 nitrogen and oxygen atoms in total. The van der Waals surface area contributed by atoms with Gasteiger partial charge in [0.15, 0.2) is 0 Å². The van der Waals surface area contributed by atoms with E-state index in [1.54, 1.807) is 18.2 Å². The second-order valence-corrected chi connectivity index (χ2v) is 7.75. The smallest absolute Gasteiger partial charge is 0.324 e. The predicted molar refractivity (Wildman–Crippen MR) is 112 cm³/mol. The number of methoxy groups -OCH3 is 1. The van der Waals surface area contributed by atoms with E-state index in [0.29, 0.717) is 5.56 Å². The van der Waals surface area contributed by atoms with Crippen LogP contribution in [0.5, 0.6) is 0 Å². The molecule has 0 aliphatic carbocycles. The number of ether oxygens (including phenoxy) is 1. The summed E-state index contributed by atoms with van der Waals surface area (Å²) in [6, 6.07) is 12.5. The Bertz CT molecular complexity index is 1110. The number of rotatable bonds is 5. The Hall–Kier alpha value is -3.32. The van der Waals surface area contributed by atoms with E-state index in [1.165, 1.54) is 25.3 Å². The van der Waals surface area contributed by atoms with Crippen molar-refractivity contribution in [2.45, 2.75) is 24.3 Å². The first-order chi connectivity index (χ1) is 13.9. The summed E-state index contributed by atoms with van der Waals surface area (Å²) in [6.07, 6.45) is 1.43. The van der Waals surface area contributed by atoms with Crippen LogP contribution in [-0.4, -0.2) is 27.5 Å². The van der Waals surface area contributed by atoms with Gasteiger partial charge in [-0.25, -0.2) is 8.42 Å². The van der Waals surface area contributed by atoms with Crippen molar-refractivity contribution in [2.75, 3.05) is 7.11 Å². The molecule has 1 N–H and O–H groups in total. The highest BCUT2D eigenvalue weighted by molar-refractivity contribution is 7.89. The highest BCUT2D eigenvalue weighted by Crippen LogP contribution is 2.12. The van der Waals surface area contributed by atoms with Gasteiger partial charge in [0.1, 0.15) is 6.04 Å². The number of benzene rings is 2. The van der Waals surface area contributed by atoms with E-state index in [1.807, 2.05) is 25.1 Å². The SMILES string of the molecule is C=CC#Cc1ccccc1C#CC[C@@H](NS(=O)(=O)c1ccc(C)cc1)C(=O)OC. The van der Waals surface area contributed by atoms with Crippen molar-refractivity contribution in [3.63, 3.8) is 0 Å². The van der Waals surface area contributed by atoms with Crippen LogP contribution in [0.15, 0.2) is 66.1 Å². The standard InChI is InChI=1S/C23H21NO4S/c1-4-5-9-19-10-6-7-11-20(19)12-8-13-22(23(25)28-3)24-29(26,27)21-16-14-18(2)15-17-21/h4,6-7,10-11,14-17,22,24H,1,13H2,2-3H3/t22-/m1/s1. The van der Waals surface area contributed by atoms with Crippen LogP contribution in [0, 0.1) is 30.6 Å². The molecule has 1 atom stereocenters. The van der Waals surface area contributed by atoms with Crippen LogP contribution >= 0.6 is 0 Å². The zero-order chi connectivity index (χ0) is 21.3. The average molecular weight is 407 g/mol. The van der Waals surface area contributed by atoms with Crippen molar-refractivity contribution in [2.24, 2.45) is 0 Å². The van der Waals surface area contributed by atoms with Gasteiger partial charge < -0.3 is 4.74 Å². The van der Waals surface area contributed by atoms with Gasteiger partial charge in [0.05, 0.1) is 12.0 Å². The molecule has 0 bridgehead atoms. The Labute approximate surface area is 171 Å². The van der Waals surface area contributed by atoms with E-state index in [4.69, 9.17) is 4.74 Å². The van der Waals surface area contributed by atoms with Gasteiger partial charge in [0.2, 0.25) is 10.0 Å². The fraction of sp³-hybridized carbons (Fsp3) is 0.174. The molecule has 148 valence electrons. The van der Waals surface area contributed by atoms with E-state index in [-0.39, 0.29) is 11.3 Å². The topological polar surface area (TPSA) is 72.5 Å². The molecule has 2 aromatic rings. The summed E-state index contributed by atoms with van der Waals surface area (Å²) >= 11 is 0. The van der Waals surface area contributed by atoms with Crippen LogP contribution in [0.3, 0.4) is 0 Å². The molecule has 0 aromatic heterocycles. The molecule has 0 aliphatic heterocycles. The summed E-state index contributed by atoms with van der Waals surface area (Å²) in [5.74, 6) is 10.8. The zero-order valence-electron chi connectivity index (χ0n) is 16.2. The van der Waals surface area contributed by atoms with E-state index < -0.39 is 22.0 Å². The Morgan fingerprint density at radius 1 is 1.14 bits per heavy atom. The molecule has 0 radical (unpaired) electrons. The van der Waals surface area contributed by atoms with Crippen molar-refractivity contribution in [3.05, 3.63) is 77.9 Å². The van der Waals surface area contributed by atoms with E-state index in [9.17, 15) is 13.2 Å². The number of hydrogen-bond donors (Lipinski definition) is 1. The number of carbonyl (C=O) groups excluding carboxylic acids is 1. The van der Waals surface area contributed by atoms with Crippen LogP contribution in [-0.2, 0) is 19.6 Å². The summed E-state index contributed by atoms with van der Waals surface area (Å²) in [7, 11) is -2.70. The largest absolute Gasteiger partial charge is 0.468 e. The van der Waals surface area contributed by atoms with Crippen molar-refractivity contribution in [3.8, 4) is 23.7 Å². The summed E-state index contributed by atoms with van der Waals surface area (Å²) < 4.78 is 32.3. The van der Waals surface area contributed by atoms with Gasteiger partial charge in [-0.2, -0.15) is 4.72 Å². The van der Waals surface area contributed by atoms with E-state index >= 15 is 0 Å². The molecular formula is C23H21NO4S. The summed E-state index contributed by atoms with van der Waals surface area (Å²) in [5.41, 5.74) is 2.32. The first-order valence-electron chi connectivity index (χ1n) is 8.74. The second kappa shape index (κ2) is 10.3. The van der Waals surface area contributed by atoms with Crippen molar-refractivity contribution < 1.29 is 17.9 Å². The highest BCUT2D eigenvalue weighted by atomic mass is 32.2. The van der Waals surface area contributed by atoms with Gasteiger partial charge in [-0.1, -0.05) is 60.1 Å². The Morgan fingerprint density at radius 3 is 2.34 bits per heavy atom. The molecule has 0 spiro atoms. The highest BCUT2D eigenvalue weighted by Gasteiger charge is 2.25. The molecule has 6 heteroatoms. The lowest BCUT2D eigenvalue weighted by Gasteiger charge is -2.14. The second-order valence-electron chi connectivity index (χ2n) is 6.04. The van der Waals surface area contributed by atoms with Gasteiger partial charge in [-0.3, -0.25) is 4.79 Å². The molecule has 0 aliphatic rings. The van der Waals surface area contributed by atoms with E-state index in [0.717, 1.165) is 11.1 Å². The first kappa shape index (κ1) is 22.0. The van der Waals surface area contributed by atoms with Gasteiger partial charge in [0, 0.05) is 17.5 Å². The van der Waals surface area contributed by atoms with Gasteiger partial charge in [-0.15, -0.1) is 0 Å². The van der Waals surface area contributed by atoms with E-state index in [2.05, 4.69) is 35.0 Å². The molecule has 2 rings (SSSR count). The molecular weight excluding hydrogens is 386 g/mol. The third-order valence-electron chi connectivity index (χ3n) is 3.88. The maximum absolute atomic E-state index is 12.6. The number of hydrogen-bond acceptors (Lipinski definition) is 4. The van der Waals surface area contributed by atoms with Gasteiger partial charge in [0.25, 0.3) is 0 Å².